The maximum atomic E-state index is 13.8. The Morgan fingerprint density at radius 3 is 2.97 bits per heavy atom. The number of nitrogens with one attached hydrogen (secondary N) is 1. The lowest BCUT2D eigenvalue weighted by molar-refractivity contribution is -0.121. The highest BCUT2D eigenvalue weighted by Gasteiger charge is 2.25. The number of amides is 2. The topological polar surface area (TPSA) is 80.1 Å². The van der Waals surface area contributed by atoms with Gasteiger partial charge in [-0.15, -0.1) is 11.3 Å². The number of carbonyl (C=O) groups excluding carboxylic acids is 2. The van der Waals surface area contributed by atoms with Gasteiger partial charge in [0.2, 0.25) is 11.8 Å². The largest absolute Gasteiger partial charge is 0.342 e. The van der Waals surface area contributed by atoms with Crippen LogP contribution in [-0.4, -0.2) is 32.9 Å². The third kappa shape index (κ3) is 4.19. The Morgan fingerprint density at radius 2 is 2.28 bits per heavy atom. The molecule has 1 atom stereocenters. The van der Waals surface area contributed by atoms with E-state index in [4.69, 9.17) is 0 Å². The summed E-state index contributed by atoms with van der Waals surface area (Å²) in [5.41, 5.74) is 1.20. The van der Waals surface area contributed by atoms with Gasteiger partial charge in [0.05, 0.1) is 12.1 Å². The van der Waals surface area contributed by atoms with Crippen molar-refractivity contribution in [2.24, 2.45) is 7.05 Å². The quantitative estimate of drug-likeness (QED) is 0.674. The van der Waals surface area contributed by atoms with Crippen molar-refractivity contribution >= 4 is 28.3 Å². The Hall–Kier alpha value is -3.07. The van der Waals surface area contributed by atoms with Crippen molar-refractivity contribution in [3.8, 4) is 0 Å². The Morgan fingerprint density at radius 1 is 1.41 bits per heavy atom. The van der Waals surface area contributed by atoms with Crippen LogP contribution >= 0.6 is 11.3 Å². The SMILES string of the molecule is Cn1ccnc1C(NC(=O)Cc1csc(N2CCCC2=O)n1)c1cccc(F)c1. The van der Waals surface area contributed by atoms with Crippen LogP contribution in [0.1, 0.15) is 36.0 Å². The first kappa shape index (κ1) is 19.3. The normalized spacial score (nSPS) is 15.0. The van der Waals surface area contributed by atoms with E-state index in [0.717, 1.165) is 6.42 Å². The van der Waals surface area contributed by atoms with E-state index in [9.17, 15) is 14.0 Å². The van der Waals surface area contributed by atoms with Gasteiger partial charge in [-0.05, 0) is 24.1 Å². The summed E-state index contributed by atoms with van der Waals surface area (Å²) in [6.07, 6.45) is 4.83. The molecule has 1 aliphatic heterocycles. The lowest BCUT2D eigenvalue weighted by Crippen LogP contribution is -2.32. The number of rotatable bonds is 6. The van der Waals surface area contributed by atoms with Crippen molar-refractivity contribution in [3.05, 3.63) is 64.9 Å². The third-order valence-electron chi connectivity index (χ3n) is 4.79. The van der Waals surface area contributed by atoms with Gasteiger partial charge in [-0.1, -0.05) is 12.1 Å². The van der Waals surface area contributed by atoms with Crippen LogP contribution in [0.15, 0.2) is 42.0 Å². The number of halogens is 1. The van der Waals surface area contributed by atoms with E-state index in [1.165, 1.54) is 23.5 Å². The number of imidazole rings is 1. The highest BCUT2D eigenvalue weighted by atomic mass is 32.1. The van der Waals surface area contributed by atoms with Gasteiger partial charge in [0.15, 0.2) is 5.13 Å². The van der Waals surface area contributed by atoms with Crippen LogP contribution in [0.5, 0.6) is 0 Å². The van der Waals surface area contributed by atoms with Gasteiger partial charge >= 0.3 is 0 Å². The number of hydrogen-bond acceptors (Lipinski definition) is 5. The molecule has 2 amide bonds. The van der Waals surface area contributed by atoms with Crippen LogP contribution in [0.25, 0.3) is 0 Å². The molecule has 4 rings (SSSR count). The molecule has 0 bridgehead atoms. The van der Waals surface area contributed by atoms with Gasteiger partial charge < -0.3 is 9.88 Å². The molecule has 0 aliphatic carbocycles. The second-order valence-corrected chi connectivity index (χ2v) is 7.74. The average molecular weight is 413 g/mol. The summed E-state index contributed by atoms with van der Waals surface area (Å²) in [4.78, 5) is 35.0. The second kappa shape index (κ2) is 8.12. The van der Waals surface area contributed by atoms with E-state index in [1.807, 2.05) is 7.05 Å². The highest BCUT2D eigenvalue weighted by Crippen LogP contribution is 2.26. The summed E-state index contributed by atoms with van der Waals surface area (Å²) in [6.45, 7) is 0.665. The molecule has 0 radical (unpaired) electrons. The summed E-state index contributed by atoms with van der Waals surface area (Å²) in [7, 11) is 1.82. The van der Waals surface area contributed by atoms with Crippen molar-refractivity contribution < 1.29 is 14.0 Å². The van der Waals surface area contributed by atoms with E-state index in [-0.39, 0.29) is 24.1 Å². The summed E-state index contributed by atoms with van der Waals surface area (Å²) >= 11 is 1.36. The maximum Gasteiger partial charge on any atom is 0.228 e. The van der Waals surface area contributed by atoms with Crippen molar-refractivity contribution in [3.63, 3.8) is 0 Å². The van der Waals surface area contributed by atoms with E-state index >= 15 is 0 Å². The molecule has 1 N–H and O–H groups in total. The van der Waals surface area contributed by atoms with Gasteiger partial charge in [0, 0.05) is 37.8 Å². The van der Waals surface area contributed by atoms with E-state index in [0.29, 0.717) is 35.2 Å². The standard InChI is InChI=1S/C20H20FN5O2S/c1-25-9-7-22-19(25)18(13-4-2-5-14(21)10-13)24-16(27)11-15-12-29-20(23-15)26-8-3-6-17(26)28/h2,4-5,7,9-10,12,18H,3,6,8,11H2,1H3,(H,24,27). The van der Waals surface area contributed by atoms with Crippen LogP contribution in [0.3, 0.4) is 0 Å². The van der Waals surface area contributed by atoms with E-state index in [1.54, 1.807) is 39.4 Å². The number of benzene rings is 1. The van der Waals surface area contributed by atoms with Crippen LogP contribution in [-0.2, 0) is 23.1 Å². The molecule has 1 aromatic carbocycles. The lowest BCUT2D eigenvalue weighted by atomic mass is 10.1. The molecule has 1 saturated heterocycles. The van der Waals surface area contributed by atoms with E-state index in [2.05, 4.69) is 15.3 Å². The molecule has 3 aromatic rings. The first-order valence-electron chi connectivity index (χ1n) is 9.28. The van der Waals surface area contributed by atoms with Crippen molar-refractivity contribution in [1.82, 2.24) is 19.9 Å². The molecule has 29 heavy (non-hydrogen) atoms. The smallest absolute Gasteiger partial charge is 0.228 e. The molecule has 3 heterocycles. The fourth-order valence-electron chi connectivity index (χ4n) is 3.37. The number of aromatic nitrogens is 3. The zero-order valence-corrected chi connectivity index (χ0v) is 16.7. The van der Waals surface area contributed by atoms with E-state index < -0.39 is 6.04 Å². The predicted molar refractivity (Wildman–Crippen MR) is 107 cm³/mol. The van der Waals surface area contributed by atoms with Crippen LogP contribution in [0, 0.1) is 5.82 Å². The Kier molecular flexibility index (Phi) is 5.39. The van der Waals surface area contributed by atoms with Gasteiger partial charge in [-0.3, -0.25) is 14.5 Å². The third-order valence-corrected chi connectivity index (χ3v) is 5.70. The fraction of sp³-hybridized carbons (Fsp3) is 0.300. The zero-order valence-electron chi connectivity index (χ0n) is 15.8. The fourth-order valence-corrected chi connectivity index (χ4v) is 4.23. The number of anilines is 1. The average Bonchev–Trinajstić information content (AvgIpc) is 3.41. The minimum absolute atomic E-state index is 0.0643. The Balaban J connectivity index is 1.51. The van der Waals surface area contributed by atoms with Crippen molar-refractivity contribution in [2.75, 3.05) is 11.4 Å². The molecule has 1 unspecified atom stereocenters. The molecule has 150 valence electrons. The van der Waals surface area contributed by atoms with Crippen LogP contribution in [0.4, 0.5) is 9.52 Å². The summed E-state index contributed by atoms with van der Waals surface area (Å²) < 4.78 is 15.5. The monoisotopic (exact) mass is 413 g/mol. The highest BCUT2D eigenvalue weighted by molar-refractivity contribution is 7.14. The second-order valence-electron chi connectivity index (χ2n) is 6.90. The van der Waals surface area contributed by atoms with Crippen molar-refractivity contribution in [1.29, 1.82) is 0 Å². The van der Waals surface area contributed by atoms with Gasteiger partial charge in [0.25, 0.3) is 0 Å². The molecule has 7 nitrogen and oxygen atoms in total. The molecular weight excluding hydrogens is 393 g/mol. The van der Waals surface area contributed by atoms with Gasteiger partial charge in [-0.25, -0.2) is 14.4 Å². The minimum Gasteiger partial charge on any atom is -0.342 e. The zero-order chi connectivity index (χ0) is 20.4. The molecule has 0 saturated carbocycles. The first-order chi connectivity index (χ1) is 14.0. The maximum absolute atomic E-state index is 13.8. The Labute approximate surface area is 171 Å². The minimum atomic E-state index is -0.587. The first-order valence-corrected chi connectivity index (χ1v) is 10.2. The molecule has 2 aromatic heterocycles. The summed E-state index contributed by atoms with van der Waals surface area (Å²) in [6, 6.07) is 5.52. The molecule has 0 spiro atoms. The predicted octanol–water partition coefficient (Wildman–Crippen LogP) is 2.59. The van der Waals surface area contributed by atoms with Gasteiger partial charge in [-0.2, -0.15) is 0 Å². The van der Waals surface area contributed by atoms with Gasteiger partial charge in [0.1, 0.15) is 17.7 Å². The van der Waals surface area contributed by atoms with Crippen LogP contribution < -0.4 is 10.2 Å². The summed E-state index contributed by atoms with van der Waals surface area (Å²) in [5.74, 6) is 0.0316. The Bertz CT molecular complexity index is 1050. The number of hydrogen-bond donors (Lipinski definition) is 1. The van der Waals surface area contributed by atoms with Crippen LogP contribution in [0.2, 0.25) is 0 Å². The molecule has 1 aliphatic rings. The summed E-state index contributed by atoms with van der Waals surface area (Å²) in [5, 5.41) is 5.35. The molecule has 9 heteroatoms. The number of nitrogens with zero attached hydrogens (tertiary/aromatic N) is 4. The lowest BCUT2D eigenvalue weighted by Gasteiger charge is -2.19. The number of thiazole rings is 1. The van der Waals surface area contributed by atoms with Crippen molar-refractivity contribution in [2.45, 2.75) is 25.3 Å². The molecular formula is C20H20FN5O2S. The molecule has 1 fully saturated rings. The number of carbonyl (C=O) groups is 2. The number of aryl methyl sites for hydroxylation is 1.